The summed E-state index contributed by atoms with van der Waals surface area (Å²) in [5.74, 6) is 0.444. The maximum atomic E-state index is 13.4. The zero-order valence-electron chi connectivity index (χ0n) is 19.2. The van der Waals surface area contributed by atoms with Crippen LogP contribution in [0.15, 0.2) is 70.4 Å². The van der Waals surface area contributed by atoms with Gasteiger partial charge in [-0.15, -0.1) is 0 Å². The second-order valence-corrected chi connectivity index (χ2v) is 8.13. The van der Waals surface area contributed by atoms with Gasteiger partial charge in [-0.3, -0.25) is 23.5 Å². The molecule has 0 unspecified atom stereocenters. The van der Waals surface area contributed by atoms with E-state index in [2.05, 4.69) is 15.6 Å². The molecule has 11 heteroatoms. The lowest BCUT2D eigenvalue weighted by Gasteiger charge is -2.14. The molecule has 2 N–H and O–H groups in total. The average molecular weight is 487 g/mol. The lowest BCUT2D eigenvalue weighted by Crippen LogP contribution is -2.42. The fourth-order valence-electron chi connectivity index (χ4n) is 3.94. The maximum Gasteiger partial charge on any atom is 0.332 e. The molecule has 3 heterocycles. The normalized spacial score (nSPS) is 11.9. The summed E-state index contributed by atoms with van der Waals surface area (Å²) < 4.78 is 13.0. The molecule has 4 aromatic rings. The molecule has 0 bridgehead atoms. The zero-order valence-corrected chi connectivity index (χ0v) is 19.2. The highest BCUT2D eigenvalue weighted by molar-refractivity contribution is 5.92. The molecule has 1 aliphatic rings. The van der Waals surface area contributed by atoms with Gasteiger partial charge in [-0.25, -0.2) is 9.78 Å². The summed E-state index contributed by atoms with van der Waals surface area (Å²) in [7, 11) is 0. The van der Waals surface area contributed by atoms with Gasteiger partial charge in [0.05, 0.1) is 12.1 Å². The van der Waals surface area contributed by atoms with Crippen molar-refractivity contribution in [2.24, 2.45) is 0 Å². The van der Waals surface area contributed by atoms with Crippen molar-refractivity contribution in [3.63, 3.8) is 0 Å². The summed E-state index contributed by atoms with van der Waals surface area (Å²) in [6, 6.07) is 14.9. The van der Waals surface area contributed by atoms with E-state index in [0.29, 0.717) is 28.4 Å². The van der Waals surface area contributed by atoms with Gasteiger partial charge in [0, 0.05) is 24.5 Å². The van der Waals surface area contributed by atoms with Crippen molar-refractivity contribution in [3.05, 3.63) is 87.2 Å². The van der Waals surface area contributed by atoms with Crippen LogP contribution >= 0.6 is 0 Å². The van der Waals surface area contributed by atoms with Crippen molar-refractivity contribution in [1.82, 2.24) is 14.1 Å². The maximum absolute atomic E-state index is 13.4. The molecule has 2 aromatic carbocycles. The molecular formula is C25H21N5O6. The monoisotopic (exact) mass is 487 g/mol. The number of benzene rings is 2. The van der Waals surface area contributed by atoms with Crippen LogP contribution in [0.4, 0.5) is 11.4 Å². The lowest BCUT2D eigenvalue weighted by molar-refractivity contribution is -0.117. The van der Waals surface area contributed by atoms with Gasteiger partial charge in [0.2, 0.25) is 18.6 Å². The third-order valence-electron chi connectivity index (χ3n) is 5.56. The molecule has 0 fully saturated rings. The van der Waals surface area contributed by atoms with Crippen molar-refractivity contribution in [2.75, 3.05) is 17.4 Å². The minimum Gasteiger partial charge on any atom is -0.454 e. The molecule has 2 aromatic heterocycles. The van der Waals surface area contributed by atoms with E-state index in [4.69, 9.17) is 9.47 Å². The Kier molecular flexibility index (Phi) is 5.95. The summed E-state index contributed by atoms with van der Waals surface area (Å²) in [6.45, 7) is 1.14. The number of aromatic nitrogens is 3. The molecule has 2 amide bonds. The summed E-state index contributed by atoms with van der Waals surface area (Å²) in [5, 5.41) is 5.37. The third-order valence-corrected chi connectivity index (χ3v) is 5.56. The Morgan fingerprint density at radius 2 is 1.67 bits per heavy atom. The predicted octanol–water partition coefficient (Wildman–Crippen LogP) is 1.93. The van der Waals surface area contributed by atoms with Crippen LogP contribution in [0, 0.1) is 0 Å². The van der Waals surface area contributed by atoms with Gasteiger partial charge in [0.15, 0.2) is 17.0 Å². The minimum absolute atomic E-state index is 0.0347. The highest BCUT2D eigenvalue weighted by atomic mass is 16.7. The number of nitrogens with one attached hydrogen (secondary N) is 2. The van der Waals surface area contributed by atoms with Gasteiger partial charge in [-0.2, -0.15) is 0 Å². The Bertz CT molecular complexity index is 1610. The van der Waals surface area contributed by atoms with E-state index < -0.39 is 17.2 Å². The minimum atomic E-state index is -0.644. The molecule has 1 aliphatic heterocycles. The van der Waals surface area contributed by atoms with Crippen LogP contribution in [-0.4, -0.2) is 32.7 Å². The van der Waals surface area contributed by atoms with Gasteiger partial charge in [0.1, 0.15) is 6.54 Å². The van der Waals surface area contributed by atoms with Gasteiger partial charge < -0.3 is 20.1 Å². The number of carbonyl (C=O) groups excluding carboxylic acids is 2. The van der Waals surface area contributed by atoms with Crippen LogP contribution in [0.25, 0.3) is 11.0 Å². The van der Waals surface area contributed by atoms with Gasteiger partial charge in [-0.05, 0) is 54.1 Å². The number of carbonyl (C=O) groups is 2. The molecule has 182 valence electrons. The second-order valence-electron chi connectivity index (χ2n) is 8.13. The summed E-state index contributed by atoms with van der Waals surface area (Å²) >= 11 is 0. The van der Waals surface area contributed by atoms with Crippen LogP contribution in [0.3, 0.4) is 0 Å². The van der Waals surface area contributed by atoms with E-state index in [0.717, 1.165) is 4.57 Å². The number of rotatable bonds is 6. The molecule has 0 atom stereocenters. The number of amides is 2. The first-order valence-corrected chi connectivity index (χ1v) is 11.0. The highest BCUT2D eigenvalue weighted by Crippen LogP contribution is 2.32. The van der Waals surface area contributed by atoms with E-state index >= 15 is 0 Å². The first-order chi connectivity index (χ1) is 17.4. The zero-order chi connectivity index (χ0) is 25.2. The van der Waals surface area contributed by atoms with Crippen LogP contribution in [0.5, 0.6) is 11.5 Å². The predicted molar refractivity (Wildman–Crippen MR) is 131 cm³/mol. The lowest BCUT2D eigenvalue weighted by atomic mass is 10.2. The van der Waals surface area contributed by atoms with Crippen molar-refractivity contribution in [2.45, 2.75) is 20.0 Å². The average Bonchev–Trinajstić information content (AvgIpc) is 3.33. The first-order valence-electron chi connectivity index (χ1n) is 11.0. The van der Waals surface area contributed by atoms with E-state index in [1.165, 1.54) is 17.7 Å². The molecule has 5 rings (SSSR count). The number of nitrogens with zero attached hydrogens (tertiary/aromatic N) is 3. The van der Waals surface area contributed by atoms with Crippen LogP contribution in [-0.2, 0) is 22.7 Å². The van der Waals surface area contributed by atoms with Crippen molar-refractivity contribution < 1.29 is 19.1 Å². The van der Waals surface area contributed by atoms with Crippen molar-refractivity contribution in [3.8, 4) is 11.5 Å². The summed E-state index contributed by atoms with van der Waals surface area (Å²) in [4.78, 5) is 54.7. The molecule has 36 heavy (non-hydrogen) atoms. The summed E-state index contributed by atoms with van der Waals surface area (Å²) in [6.07, 6.45) is 1.46. The molecule has 0 saturated heterocycles. The number of fused-ring (bicyclic) bond motifs is 2. The van der Waals surface area contributed by atoms with E-state index in [-0.39, 0.29) is 36.8 Å². The molecule has 0 saturated carbocycles. The van der Waals surface area contributed by atoms with Gasteiger partial charge >= 0.3 is 5.69 Å². The topological polar surface area (TPSA) is 134 Å². The van der Waals surface area contributed by atoms with E-state index in [1.807, 2.05) is 0 Å². The van der Waals surface area contributed by atoms with Gasteiger partial charge in [-0.1, -0.05) is 6.07 Å². The third kappa shape index (κ3) is 4.53. The molecular weight excluding hydrogens is 466 g/mol. The Morgan fingerprint density at radius 3 is 2.42 bits per heavy atom. The van der Waals surface area contributed by atoms with Crippen molar-refractivity contribution >= 4 is 34.2 Å². The fraction of sp³-hybridized carbons (Fsp3) is 0.160. The highest BCUT2D eigenvalue weighted by Gasteiger charge is 2.18. The van der Waals surface area contributed by atoms with E-state index in [9.17, 15) is 19.2 Å². The van der Waals surface area contributed by atoms with Crippen LogP contribution < -0.4 is 31.4 Å². The van der Waals surface area contributed by atoms with E-state index in [1.54, 1.807) is 54.6 Å². The number of pyridine rings is 1. The Morgan fingerprint density at radius 1 is 0.944 bits per heavy atom. The smallest absolute Gasteiger partial charge is 0.332 e. The van der Waals surface area contributed by atoms with Crippen molar-refractivity contribution in [1.29, 1.82) is 0 Å². The molecule has 0 spiro atoms. The van der Waals surface area contributed by atoms with Gasteiger partial charge in [0.25, 0.3) is 5.56 Å². The number of ether oxygens (including phenoxy) is 2. The second kappa shape index (κ2) is 9.37. The number of hydrogen-bond acceptors (Lipinski definition) is 7. The summed E-state index contributed by atoms with van der Waals surface area (Å²) in [5.41, 5.74) is 0.857. The molecule has 11 nitrogen and oxygen atoms in total. The SMILES string of the molecule is CC(=O)Nc1ccc(NC(=O)Cn2c(=O)n(Cc3ccc4c(c3)OCO4)c(=O)c3ncccc32)cc1. The fourth-order valence-corrected chi connectivity index (χ4v) is 3.94. The van der Waals surface area contributed by atoms with Crippen LogP contribution in [0.1, 0.15) is 12.5 Å². The largest absolute Gasteiger partial charge is 0.454 e. The number of hydrogen-bond donors (Lipinski definition) is 2. The Hall–Kier alpha value is -4.93. The molecule has 0 aliphatic carbocycles. The Labute approximate surface area is 203 Å². The first kappa shape index (κ1) is 22.8. The Balaban J connectivity index is 1.45. The number of anilines is 2. The van der Waals surface area contributed by atoms with Crippen LogP contribution in [0.2, 0.25) is 0 Å². The standard InChI is InChI=1S/C25H21N5O6/c1-15(31)27-17-5-7-18(8-6-17)28-22(32)13-29-19-3-2-10-26-23(19)24(33)30(25(29)34)12-16-4-9-20-21(11-16)36-14-35-20/h2-11H,12-14H2,1H3,(H,27,31)(H,28,32). The quantitative estimate of drug-likeness (QED) is 0.425. The molecule has 0 radical (unpaired) electrons.